The number of nitrogens with zero attached hydrogens (tertiary/aromatic N) is 4. The van der Waals surface area contributed by atoms with E-state index in [9.17, 15) is 9.90 Å². The molecule has 3 heterocycles. The van der Waals surface area contributed by atoms with Crippen LogP contribution in [0.1, 0.15) is 54.8 Å². The number of H-pyrrole nitrogens is 1. The summed E-state index contributed by atoms with van der Waals surface area (Å²) in [6.07, 6.45) is 4.66. The standard InChI is InChI=1S/C24H28N6O2/c1-16(2)20-21(19(31)11-10-17-7-4-3-5-8-17)30-23(28-29-24(30)32)22(27-20)26-14-12-18-9-6-13-25-15-18/h3-9,13,15-16,19,31H,10-12,14H2,1-2H3,(H,26,27)(H,29,32). The summed E-state index contributed by atoms with van der Waals surface area (Å²) in [7, 11) is 0. The Labute approximate surface area is 186 Å². The molecule has 0 spiro atoms. The molecule has 4 rings (SSSR count). The van der Waals surface area contributed by atoms with Crippen molar-refractivity contribution in [2.24, 2.45) is 0 Å². The van der Waals surface area contributed by atoms with Gasteiger partial charge in [-0.05, 0) is 42.4 Å². The SMILES string of the molecule is CC(C)c1nc(NCCc2cccnc2)c2n[nH]c(=O)n2c1C(O)CCc1ccccc1. The molecule has 0 fully saturated rings. The van der Waals surface area contributed by atoms with Gasteiger partial charge in [0.05, 0.1) is 17.5 Å². The summed E-state index contributed by atoms with van der Waals surface area (Å²) in [4.78, 5) is 21.6. The van der Waals surface area contributed by atoms with Gasteiger partial charge in [0, 0.05) is 18.9 Å². The van der Waals surface area contributed by atoms with E-state index in [1.165, 1.54) is 4.40 Å². The predicted molar refractivity (Wildman–Crippen MR) is 124 cm³/mol. The molecule has 0 aliphatic heterocycles. The number of benzene rings is 1. The summed E-state index contributed by atoms with van der Waals surface area (Å²) in [6.45, 7) is 4.63. The maximum absolute atomic E-state index is 12.7. The Morgan fingerprint density at radius 2 is 1.88 bits per heavy atom. The third kappa shape index (κ3) is 4.70. The van der Waals surface area contributed by atoms with Crippen LogP contribution in [0.2, 0.25) is 0 Å². The fourth-order valence-corrected chi connectivity index (χ4v) is 3.84. The monoisotopic (exact) mass is 432 g/mol. The van der Waals surface area contributed by atoms with Crippen LogP contribution in [0.15, 0.2) is 59.7 Å². The number of aromatic amines is 1. The van der Waals surface area contributed by atoms with Gasteiger partial charge in [0.15, 0.2) is 5.82 Å². The zero-order valence-electron chi connectivity index (χ0n) is 18.3. The number of aryl methyl sites for hydroxylation is 1. The molecule has 8 nitrogen and oxygen atoms in total. The first-order valence-corrected chi connectivity index (χ1v) is 10.9. The lowest BCUT2D eigenvalue weighted by Crippen LogP contribution is -2.22. The first-order chi connectivity index (χ1) is 15.5. The molecule has 0 bridgehead atoms. The normalized spacial score (nSPS) is 12.4. The molecular formula is C24H28N6O2. The molecule has 3 aromatic heterocycles. The van der Waals surface area contributed by atoms with E-state index in [1.807, 2.05) is 62.5 Å². The molecule has 166 valence electrons. The first-order valence-electron chi connectivity index (χ1n) is 10.9. The van der Waals surface area contributed by atoms with Crippen LogP contribution in [0.4, 0.5) is 5.82 Å². The number of anilines is 1. The maximum atomic E-state index is 12.7. The van der Waals surface area contributed by atoms with Crippen LogP contribution in [0.5, 0.6) is 0 Å². The molecular weight excluding hydrogens is 404 g/mol. The smallest absolute Gasteiger partial charge is 0.348 e. The maximum Gasteiger partial charge on any atom is 0.348 e. The Kier molecular flexibility index (Phi) is 6.61. The van der Waals surface area contributed by atoms with Crippen molar-refractivity contribution in [3.63, 3.8) is 0 Å². The molecule has 8 heteroatoms. The van der Waals surface area contributed by atoms with Crippen molar-refractivity contribution in [1.82, 2.24) is 24.6 Å². The Balaban J connectivity index is 1.63. The largest absolute Gasteiger partial charge is 0.387 e. The number of nitrogens with one attached hydrogen (secondary N) is 2. The number of aliphatic hydroxyl groups is 1. The molecule has 4 aromatic rings. The van der Waals surface area contributed by atoms with Gasteiger partial charge in [-0.15, -0.1) is 5.10 Å². The third-order valence-electron chi connectivity index (χ3n) is 5.46. The topological polar surface area (TPSA) is 108 Å². The minimum absolute atomic E-state index is 0.0152. The summed E-state index contributed by atoms with van der Waals surface area (Å²) in [5.74, 6) is 0.538. The van der Waals surface area contributed by atoms with Gasteiger partial charge in [0.25, 0.3) is 0 Å². The molecule has 1 unspecified atom stereocenters. The number of pyridine rings is 1. The second kappa shape index (κ2) is 9.74. The van der Waals surface area contributed by atoms with E-state index >= 15 is 0 Å². The Morgan fingerprint density at radius 1 is 1.09 bits per heavy atom. The first kappa shape index (κ1) is 21.7. The van der Waals surface area contributed by atoms with E-state index in [1.54, 1.807) is 6.20 Å². The third-order valence-corrected chi connectivity index (χ3v) is 5.46. The van der Waals surface area contributed by atoms with Crippen LogP contribution >= 0.6 is 0 Å². The Morgan fingerprint density at radius 3 is 2.59 bits per heavy atom. The fourth-order valence-electron chi connectivity index (χ4n) is 3.84. The minimum Gasteiger partial charge on any atom is -0.387 e. The summed E-state index contributed by atoms with van der Waals surface area (Å²) < 4.78 is 1.46. The molecule has 0 radical (unpaired) electrons. The van der Waals surface area contributed by atoms with Crippen molar-refractivity contribution < 1.29 is 5.11 Å². The van der Waals surface area contributed by atoms with Gasteiger partial charge in [-0.1, -0.05) is 50.2 Å². The van der Waals surface area contributed by atoms with Crippen molar-refractivity contribution in [3.8, 4) is 0 Å². The predicted octanol–water partition coefficient (Wildman–Crippen LogP) is 3.26. The highest BCUT2D eigenvalue weighted by Gasteiger charge is 2.24. The highest BCUT2D eigenvalue weighted by molar-refractivity contribution is 5.63. The van der Waals surface area contributed by atoms with Crippen LogP contribution in [0.3, 0.4) is 0 Å². The molecule has 1 aromatic carbocycles. The minimum atomic E-state index is -0.845. The summed E-state index contributed by atoms with van der Waals surface area (Å²) in [6, 6.07) is 13.9. The summed E-state index contributed by atoms with van der Waals surface area (Å²) >= 11 is 0. The fraction of sp³-hybridized carbons (Fsp3) is 0.333. The van der Waals surface area contributed by atoms with Crippen molar-refractivity contribution >= 4 is 11.5 Å². The highest BCUT2D eigenvalue weighted by atomic mass is 16.3. The van der Waals surface area contributed by atoms with Gasteiger partial charge in [-0.25, -0.2) is 19.3 Å². The van der Waals surface area contributed by atoms with Gasteiger partial charge in [-0.3, -0.25) is 4.98 Å². The van der Waals surface area contributed by atoms with Crippen LogP contribution in [0.25, 0.3) is 5.65 Å². The van der Waals surface area contributed by atoms with Crippen LogP contribution in [-0.4, -0.2) is 36.2 Å². The zero-order valence-corrected chi connectivity index (χ0v) is 18.3. The van der Waals surface area contributed by atoms with Crippen LogP contribution in [-0.2, 0) is 12.8 Å². The van der Waals surface area contributed by atoms with E-state index in [2.05, 4.69) is 20.5 Å². The van der Waals surface area contributed by atoms with Crippen molar-refractivity contribution in [3.05, 3.63) is 87.9 Å². The van der Waals surface area contributed by atoms with Crippen molar-refractivity contribution in [2.75, 3.05) is 11.9 Å². The van der Waals surface area contributed by atoms with Gasteiger partial charge in [-0.2, -0.15) is 0 Å². The number of rotatable bonds is 9. The molecule has 1 atom stereocenters. The zero-order chi connectivity index (χ0) is 22.5. The second-order valence-corrected chi connectivity index (χ2v) is 8.15. The number of fused-ring (bicyclic) bond motifs is 1. The molecule has 3 N–H and O–H groups in total. The molecule has 32 heavy (non-hydrogen) atoms. The number of aliphatic hydroxyl groups excluding tert-OH is 1. The van der Waals surface area contributed by atoms with Gasteiger partial charge >= 0.3 is 5.69 Å². The summed E-state index contributed by atoms with van der Waals surface area (Å²) in [5.41, 5.74) is 3.43. The average Bonchev–Trinajstić information content (AvgIpc) is 3.20. The van der Waals surface area contributed by atoms with Crippen LogP contribution < -0.4 is 11.0 Å². The van der Waals surface area contributed by atoms with E-state index in [-0.39, 0.29) is 11.6 Å². The van der Waals surface area contributed by atoms with Gasteiger partial charge in [0.2, 0.25) is 5.65 Å². The van der Waals surface area contributed by atoms with Crippen LogP contribution in [0, 0.1) is 0 Å². The summed E-state index contributed by atoms with van der Waals surface area (Å²) in [5, 5.41) is 21.1. The molecule has 0 amide bonds. The molecule has 0 saturated carbocycles. The highest BCUT2D eigenvalue weighted by Crippen LogP contribution is 2.29. The molecule has 0 saturated heterocycles. The lowest BCUT2D eigenvalue weighted by molar-refractivity contribution is 0.159. The van der Waals surface area contributed by atoms with Crippen molar-refractivity contribution in [2.45, 2.75) is 45.1 Å². The van der Waals surface area contributed by atoms with Crippen molar-refractivity contribution in [1.29, 1.82) is 0 Å². The van der Waals surface area contributed by atoms with Gasteiger partial charge < -0.3 is 10.4 Å². The van der Waals surface area contributed by atoms with E-state index in [4.69, 9.17) is 4.98 Å². The molecule has 0 aliphatic carbocycles. The van der Waals surface area contributed by atoms with E-state index < -0.39 is 6.10 Å². The lowest BCUT2D eigenvalue weighted by Gasteiger charge is -2.20. The quantitative estimate of drug-likeness (QED) is 0.375. The van der Waals surface area contributed by atoms with E-state index in [0.29, 0.717) is 42.2 Å². The Bertz CT molecular complexity index is 1220. The number of aromatic nitrogens is 5. The number of hydrogen-bond acceptors (Lipinski definition) is 6. The average molecular weight is 433 g/mol. The second-order valence-electron chi connectivity index (χ2n) is 8.15. The number of hydrogen-bond donors (Lipinski definition) is 3. The lowest BCUT2D eigenvalue weighted by atomic mass is 9.99. The Hall–Kier alpha value is -3.52. The van der Waals surface area contributed by atoms with E-state index in [0.717, 1.165) is 17.5 Å². The molecule has 0 aliphatic rings. The van der Waals surface area contributed by atoms with Gasteiger partial charge in [0.1, 0.15) is 0 Å².